The fourth-order valence-corrected chi connectivity index (χ4v) is 1.09. The summed E-state index contributed by atoms with van der Waals surface area (Å²) < 4.78 is 0. The SMILES string of the molecule is C/C=C1/NN(C)N/C1=C/CC. The van der Waals surface area contributed by atoms with Crippen molar-refractivity contribution in [3.8, 4) is 0 Å². The zero-order valence-electron chi connectivity index (χ0n) is 7.31. The van der Waals surface area contributed by atoms with Gasteiger partial charge in [0.05, 0.1) is 11.4 Å². The minimum absolute atomic E-state index is 1.05. The Balaban J connectivity index is 2.73. The molecule has 0 saturated carbocycles. The van der Waals surface area contributed by atoms with E-state index in [2.05, 4.69) is 29.9 Å². The van der Waals surface area contributed by atoms with E-state index in [1.165, 1.54) is 0 Å². The van der Waals surface area contributed by atoms with Gasteiger partial charge >= 0.3 is 0 Å². The average molecular weight is 153 g/mol. The molecule has 1 saturated heterocycles. The highest BCUT2D eigenvalue weighted by Crippen LogP contribution is 2.10. The van der Waals surface area contributed by atoms with E-state index >= 15 is 0 Å². The van der Waals surface area contributed by atoms with Crippen LogP contribution in [0.5, 0.6) is 0 Å². The average Bonchev–Trinajstić information content (AvgIpc) is 2.32. The summed E-state index contributed by atoms with van der Waals surface area (Å²) >= 11 is 0. The highest BCUT2D eigenvalue weighted by atomic mass is 15.8. The molecule has 0 aromatic carbocycles. The first-order valence-electron chi connectivity index (χ1n) is 3.91. The second kappa shape index (κ2) is 3.44. The Morgan fingerprint density at radius 1 is 1.36 bits per heavy atom. The van der Waals surface area contributed by atoms with Crippen molar-refractivity contribution < 1.29 is 0 Å². The summed E-state index contributed by atoms with van der Waals surface area (Å²) in [6, 6.07) is 0. The van der Waals surface area contributed by atoms with Gasteiger partial charge in [0.2, 0.25) is 0 Å². The largest absolute Gasteiger partial charge is 0.300 e. The molecule has 0 bridgehead atoms. The van der Waals surface area contributed by atoms with E-state index in [0.717, 1.165) is 17.8 Å². The monoisotopic (exact) mass is 153 g/mol. The van der Waals surface area contributed by atoms with E-state index < -0.39 is 0 Å². The first-order chi connectivity index (χ1) is 5.27. The maximum Gasteiger partial charge on any atom is 0.0709 e. The lowest BCUT2D eigenvalue weighted by atomic mass is 10.3. The molecule has 0 aliphatic carbocycles. The smallest absolute Gasteiger partial charge is 0.0709 e. The Bertz CT molecular complexity index is 194. The summed E-state index contributed by atoms with van der Waals surface area (Å²) in [6.45, 7) is 4.15. The Labute approximate surface area is 67.7 Å². The van der Waals surface area contributed by atoms with Crippen molar-refractivity contribution in [2.45, 2.75) is 20.3 Å². The van der Waals surface area contributed by atoms with Crippen molar-refractivity contribution in [3.05, 3.63) is 23.5 Å². The Morgan fingerprint density at radius 3 is 2.55 bits per heavy atom. The van der Waals surface area contributed by atoms with Crippen molar-refractivity contribution in [3.63, 3.8) is 0 Å². The van der Waals surface area contributed by atoms with E-state index in [-0.39, 0.29) is 0 Å². The Kier molecular flexibility index (Phi) is 2.54. The highest BCUT2D eigenvalue weighted by molar-refractivity contribution is 5.29. The second-order valence-electron chi connectivity index (χ2n) is 2.51. The van der Waals surface area contributed by atoms with Gasteiger partial charge in [0, 0.05) is 7.05 Å². The van der Waals surface area contributed by atoms with Crippen molar-refractivity contribution in [2.75, 3.05) is 7.05 Å². The quantitative estimate of drug-likeness (QED) is 0.591. The van der Waals surface area contributed by atoms with Gasteiger partial charge < -0.3 is 0 Å². The maximum absolute atomic E-state index is 3.17. The van der Waals surface area contributed by atoms with Crippen LogP contribution in [-0.2, 0) is 0 Å². The van der Waals surface area contributed by atoms with E-state index in [9.17, 15) is 0 Å². The highest BCUT2D eigenvalue weighted by Gasteiger charge is 2.14. The summed E-state index contributed by atoms with van der Waals surface area (Å²) in [6.07, 6.45) is 5.26. The Morgan fingerprint density at radius 2 is 2.00 bits per heavy atom. The molecule has 0 amide bonds. The zero-order chi connectivity index (χ0) is 8.27. The van der Waals surface area contributed by atoms with Crippen LogP contribution in [-0.4, -0.2) is 12.2 Å². The van der Waals surface area contributed by atoms with Crippen LogP contribution in [0, 0.1) is 0 Å². The molecule has 0 radical (unpaired) electrons. The molecule has 62 valence electrons. The van der Waals surface area contributed by atoms with E-state index in [0.29, 0.717) is 0 Å². The van der Waals surface area contributed by atoms with Crippen LogP contribution in [0.15, 0.2) is 23.5 Å². The standard InChI is InChI=1S/C8H15N3/c1-4-6-8-7(5-2)9-11(3)10-8/h5-6,9-10H,4H2,1-3H3/b7-5+,8-6+. The van der Waals surface area contributed by atoms with Gasteiger partial charge in [-0.05, 0) is 13.3 Å². The van der Waals surface area contributed by atoms with Crippen LogP contribution in [0.3, 0.4) is 0 Å². The van der Waals surface area contributed by atoms with Crippen LogP contribution >= 0.6 is 0 Å². The molecule has 3 nitrogen and oxygen atoms in total. The molecule has 0 spiro atoms. The fourth-order valence-electron chi connectivity index (χ4n) is 1.09. The molecule has 1 fully saturated rings. The fraction of sp³-hybridized carbons (Fsp3) is 0.500. The van der Waals surface area contributed by atoms with Gasteiger partial charge in [0.1, 0.15) is 0 Å². The zero-order valence-corrected chi connectivity index (χ0v) is 7.31. The van der Waals surface area contributed by atoms with Crippen LogP contribution in [0.1, 0.15) is 20.3 Å². The van der Waals surface area contributed by atoms with Gasteiger partial charge in [-0.3, -0.25) is 10.9 Å². The van der Waals surface area contributed by atoms with E-state index in [4.69, 9.17) is 0 Å². The normalized spacial score (nSPS) is 25.7. The van der Waals surface area contributed by atoms with Crippen molar-refractivity contribution in [1.29, 1.82) is 0 Å². The van der Waals surface area contributed by atoms with Gasteiger partial charge in [0.25, 0.3) is 0 Å². The molecule has 0 aromatic heterocycles. The summed E-state index contributed by atoms with van der Waals surface area (Å²) in [5.74, 6) is 0. The van der Waals surface area contributed by atoms with Gasteiger partial charge in [-0.2, -0.15) is 0 Å². The third kappa shape index (κ3) is 1.74. The number of hydrogen-bond donors (Lipinski definition) is 2. The molecule has 1 aliphatic heterocycles. The number of rotatable bonds is 1. The number of allylic oxidation sites excluding steroid dienone is 2. The third-order valence-electron chi connectivity index (χ3n) is 1.56. The molecule has 11 heavy (non-hydrogen) atoms. The molecule has 1 rings (SSSR count). The topological polar surface area (TPSA) is 27.3 Å². The predicted octanol–water partition coefficient (Wildman–Crippen LogP) is 1.14. The lowest BCUT2D eigenvalue weighted by Gasteiger charge is -2.05. The predicted molar refractivity (Wildman–Crippen MR) is 46.2 cm³/mol. The molecule has 1 heterocycles. The molecule has 0 unspecified atom stereocenters. The lowest BCUT2D eigenvalue weighted by Crippen LogP contribution is -2.32. The molecular weight excluding hydrogens is 138 g/mol. The summed E-state index contributed by atoms with van der Waals surface area (Å²) in [7, 11) is 1.94. The van der Waals surface area contributed by atoms with Gasteiger partial charge in [0.15, 0.2) is 0 Å². The van der Waals surface area contributed by atoms with Crippen LogP contribution in [0.2, 0.25) is 0 Å². The van der Waals surface area contributed by atoms with Gasteiger partial charge in [-0.1, -0.05) is 19.1 Å². The first kappa shape index (κ1) is 8.14. The molecule has 0 atom stereocenters. The minimum Gasteiger partial charge on any atom is -0.300 e. The van der Waals surface area contributed by atoms with E-state index in [1.54, 1.807) is 0 Å². The minimum atomic E-state index is 1.05. The number of nitrogens with one attached hydrogen (secondary N) is 2. The number of hydrazine groups is 2. The van der Waals surface area contributed by atoms with E-state index in [1.807, 2.05) is 19.1 Å². The molecule has 2 N–H and O–H groups in total. The van der Waals surface area contributed by atoms with Crippen molar-refractivity contribution in [2.24, 2.45) is 0 Å². The van der Waals surface area contributed by atoms with Crippen LogP contribution in [0.25, 0.3) is 0 Å². The van der Waals surface area contributed by atoms with Crippen LogP contribution in [0.4, 0.5) is 0 Å². The maximum atomic E-state index is 3.17. The summed E-state index contributed by atoms with van der Waals surface area (Å²) in [5.41, 5.74) is 8.64. The number of nitrogens with zero attached hydrogens (tertiary/aromatic N) is 1. The molecular formula is C8H15N3. The third-order valence-corrected chi connectivity index (χ3v) is 1.56. The molecule has 0 aromatic rings. The summed E-state index contributed by atoms with van der Waals surface area (Å²) in [4.78, 5) is 0. The molecule has 1 aliphatic rings. The van der Waals surface area contributed by atoms with Crippen molar-refractivity contribution >= 4 is 0 Å². The lowest BCUT2D eigenvalue weighted by molar-refractivity contribution is 0.250. The summed E-state index contributed by atoms with van der Waals surface area (Å²) in [5, 5.41) is 1.84. The Hall–Kier alpha value is -0.960. The van der Waals surface area contributed by atoms with Gasteiger partial charge in [-0.15, -0.1) is 5.12 Å². The molecule has 3 heteroatoms. The van der Waals surface area contributed by atoms with Crippen LogP contribution < -0.4 is 10.9 Å². The number of hydrogen-bond acceptors (Lipinski definition) is 3. The second-order valence-corrected chi connectivity index (χ2v) is 2.51. The van der Waals surface area contributed by atoms with Crippen molar-refractivity contribution in [1.82, 2.24) is 16.0 Å². The first-order valence-corrected chi connectivity index (χ1v) is 3.91. The van der Waals surface area contributed by atoms with Gasteiger partial charge in [-0.25, -0.2) is 0 Å².